The Bertz CT molecular complexity index is 561. The molecule has 0 unspecified atom stereocenters. The van der Waals surface area contributed by atoms with Crippen molar-refractivity contribution >= 4 is 17.9 Å². The number of anilines is 1. The Hall–Kier alpha value is -2.57. The van der Waals surface area contributed by atoms with Crippen LogP contribution in [0, 0.1) is 10.1 Å². The number of amides is 1. The Morgan fingerprint density at radius 1 is 1.38 bits per heavy atom. The molecule has 0 aliphatic rings. The van der Waals surface area contributed by atoms with Gasteiger partial charge in [-0.2, -0.15) is 0 Å². The molecule has 0 saturated heterocycles. The number of nitrogens with zero attached hydrogens (tertiary/aromatic N) is 1. The highest BCUT2D eigenvalue weighted by Gasteiger charge is 2.16. The van der Waals surface area contributed by atoms with E-state index in [1.165, 1.54) is 13.2 Å². The predicted molar refractivity (Wildman–Crippen MR) is 78.9 cm³/mol. The van der Waals surface area contributed by atoms with E-state index in [1.54, 1.807) is 39.0 Å². The number of carbonyl (C=O) groups excluding carboxylic acids is 1. The molecule has 0 aromatic heterocycles. The summed E-state index contributed by atoms with van der Waals surface area (Å²) in [7, 11) is 1.44. The fourth-order valence-corrected chi connectivity index (χ4v) is 1.49. The van der Waals surface area contributed by atoms with Crippen LogP contribution in [0.3, 0.4) is 0 Å². The first kappa shape index (κ1) is 16.5. The zero-order valence-corrected chi connectivity index (χ0v) is 12.4. The van der Waals surface area contributed by atoms with Gasteiger partial charge in [-0.25, -0.2) is 4.79 Å². The third-order valence-electron chi connectivity index (χ3n) is 2.25. The molecule has 7 nitrogen and oxygen atoms in total. The molecule has 0 fully saturated rings. The molecule has 1 rings (SSSR count). The smallest absolute Gasteiger partial charge is 0.412 e. The van der Waals surface area contributed by atoms with Crippen LogP contribution < -0.4 is 10.1 Å². The van der Waals surface area contributed by atoms with Gasteiger partial charge in [0, 0.05) is 23.4 Å². The second kappa shape index (κ2) is 6.74. The molecule has 1 aromatic rings. The summed E-state index contributed by atoms with van der Waals surface area (Å²) < 4.78 is 10.3. The molecule has 0 bridgehead atoms. The van der Waals surface area contributed by atoms with Crippen LogP contribution in [0.5, 0.6) is 5.75 Å². The van der Waals surface area contributed by atoms with Gasteiger partial charge < -0.3 is 9.47 Å². The van der Waals surface area contributed by atoms with Crippen molar-refractivity contribution in [1.82, 2.24) is 0 Å². The van der Waals surface area contributed by atoms with Gasteiger partial charge in [-0.05, 0) is 32.9 Å². The van der Waals surface area contributed by atoms with E-state index < -0.39 is 16.6 Å². The second-order valence-electron chi connectivity index (χ2n) is 5.18. The lowest BCUT2D eigenvalue weighted by Gasteiger charge is -2.19. The van der Waals surface area contributed by atoms with Gasteiger partial charge in [-0.15, -0.1) is 0 Å². The van der Waals surface area contributed by atoms with E-state index in [2.05, 4.69) is 5.32 Å². The van der Waals surface area contributed by atoms with Crippen molar-refractivity contribution in [1.29, 1.82) is 0 Å². The van der Waals surface area contributed by atoms with Crippen LogP contribution in [0.2, 0.25) is 0 Å². The number of nitro groups is 1. The summed E-state index contributed by atoms with van der Waals surface area (Å²) in [5, 5.41) is 12.9. The molecule has 0 aliphatic carbocycles. The average molecular weight is 294 g/mol. The van der Waals surface area contributed by atoms with Gasteiger partial charge in [-0.1, -0.05) is 0 Å². The van der Waals surface area contributed by atoms with Gasteiger partial charge >= 0.3 is 6.09 Å². The van der Waals surface area contributed by atoms with Crippen LogP contribution in [0.4, 0.5) is 10.5 Å². The first-order valence-corrected chi connectivity index (χ1v) is 6.21. The normalized spacial score (nSPS) is 11.2. The maximum absolute atomic E-state index is 11.7. The molecule has 114 valence electrons. The molecule has 7 heteroatoms. The molecule has 0 saturated carbocycles. The lowest BCUT2D eigenvalue weighted by Crippen LogP contribution is -2.27. The van der Waals surface area contributed by atoms with Crippen LogP contribution in [0.25, 0.3) is 6.08 Å². The molecule has 1 amide bonds. The third kappa shape index (κ3) is 5.94. The summed E-state index contributed by atoms with van der Waals surface area (Å²) in [6.45, 7) is 5.29. The first-order valence-electron chi connectivity index (χ1n) is 6.21. The zero-order valence-electron chi connectivity index (χ0n) is 12.4. The quantitative estimate of drug-likeness (QED) is 0.679. The number of methoxy groups -OCH3 is 1. The van der Waals surface area contributed by atoms with E-state index >= 15 is 0 Å². The predicted octanol–water partition coefficient (Wildman–Crippen LogP) is 3.29. The van der Waals surface area contributed by atoms with E-state index in [-0.39, 0.29) is 0 Å². The minimum atomic E-state index is -0.595. The highest BCUT2D eigenvalue weighted by Crippen LogP contribution is 2.24. The van der Waals surface area contributed by atoms with Gasteiger partial charge in [0.1, 0.15) is 11.4 Å². The lowest BCUT2D eigenvalue weighted by atomic mass is 10.1. The lowest BCUT2D eigenvalue weighted by molar-refractivity contribution is -0.400. The number of carbonyl (C=O) groups is 1. The molecule has 0 atom stereocenters. The van der Waals surface area contributed by atoms with Crippen LogP contribution in [-0.2, 0) is 4.74 Å². The number of benzene rings is 1. The zero-order chi connectivity index (χ0) is 16.0. The second-order valence-corrected chi connectivity index (χ2v) is 5.18. The molecular formula is C14H18N2O5. The van der Waals surface area contributed by atoms with Crippen molar-refractivity contribution in [2.24, 2.45) is 0 Å². The number of hydrogen-bond donors (Lipinski definition) is 1. The summed E-state index contributed by atoms with van der Waals surface area (Å²) in [6, 6.07) is 4.77. The maximum Gasteiger partial charge on any atom is 0.412 e. The van der Waals surface area contributed by atoms with Crippen LogP contribution in [0.15, 0.2) is 24.4 Å². The number of hydrogen-bond acceptors (Lipinski definition) is 5. The number of rotatable bonds is 4. The van der Waals surface area contributed by atoms with Crippen molar-refractivity contribution < 1.29 is 19.2 Å². The van der Waals surface area contributed by atoms with E-state index in [9.17, 15) is 14.9 Å². The summed E-state index contributed by atoms with van der Waals surface area (Å²) in [5.41, 5.74) is 0.408. The van der Waals surface area contributed by atoms with Gasteiger partial charge in [0.15, 0.2) is 0 Å². The Balaban J connectivity index is 2.87. The Kier molecular flexibility index (Phi) is 5.29. The van der Waals surface area contributed by atoms with E-state index in [4.69, 9.17) is 9.47 Å². The largest absolute Gasteiger partial charge is 0.496 e. The fourth-order valence-electron chi connectivity index (χ4n) is 1.49. The highest BCUT2D eigenvalue weighted by atomic mass is 16.6. The van der Waals surface area contributed by atoms with Crippen molar-refractivity contribution in [2.75, 3.05) is 12.4 Å². The molecule has 0 aliphatic heterocycles. The fraction of sp³-hybridized carbons (Fsp3) is 0.357. The molecule has 0 heterocycles. The van der Waals surface area contributed by atoms with Gasteiger partial charge in [0.05, 0.1) is 12.0 Å². The van der Waals surface area contributed by atoms with Crippen molar-refractivity contribution in [2.45, 2.75) is 26.4 Å². The van der Waals surface area contributed by atoms with E-state index in [0.717, 1.165) is 6.20 Å². The van der Waals surface area contributed by atoms with E-state index in [1.807, 2.05) is 0 Å². The Morgan fingerprint density at radius 3 is 2.57 bits per heavy atom. The maximum atomic E-state index is 11.7. The van der Waals surface area contributed by atoms with Crippen LogP contribution in [0.1, 0.15) is 26.3 Å². The molecular weight excluding hydrogens is 276 g/mol. The first-order chi connectivity index (χ1) is 9.71. The molecule has 0 spiro atoms. The molecule has 0 radical (unpaired) electrons. The highest BCUT2D eigenvalue weighted by molar-refractivity contribution is 5.85. The Labute approximate surface area is 122 Å². The van der Waals surface area contributed by atoms with E-state index in [0.29, 0.717) is 17.0 Å². The van der Waals surface area contributed by atoms with Crippen molar-refractivity contribution in [3.8, 4) is 5.75 Å². The van der Waals surface area contributed by atoms with Crippen LogP contribution in [-0.4, -0.2) is 23.7 Å². The molecule has 1 aromatic carbocycles. The van der Waals surface area contributed by atoms with Gasteiger partial charge in [0.25, 0.3) is 0 Å². The van der Waals surface area contributed by atoms with Gasteiger partial charge in [0.2, 0.25) is 6.20 Å². The monoisotopic (exact) mass is 294 g/mol. The number of nitrogens with one attached hydrogen (secondary N) is 1. The van der Waals surface area contributed by atoms with Gasteiger partial charge in [-0.3, -0.25) is 15.4 Å². The van der Waals surface area contributed by atoms with Crippen molar-refractivity contribution in [3.63, 3.8) is 0 Å². The Morgan fingerprint density at radius 2 is 2.05 bits per heavy atom. The summed E-state index contributed by atoms with van der Waals surface area (Å²) in [5.74, 6) is 0.404. The summed E-state index contributed by atoms with van der Waals surface area (Å²) >= 11 is 0. The van der Waals surface area contributed by atoms with Crippen molar-refractivity contribution in [3.05, 3.63) is 40.1 Å². The van der Waals surface area contributed by atoms with Crippen LogP contribution >= 0.6 is 0 Å². The summed E-state index contributed by atoms with van der Waals surface area (Å²) in [4.78, 5) is 21.4. The summed E-state index contributed by atoms with van der Waals surface area (Å²) in [6.07, 6.45) is 1.55. The molecule has 21 heavy (non-hydrogen) atoms. The third-order valence-corrected chi connectivity index (χ3v) is 2.25. The minimum absolute atomic E-state index is 0.404. The standard InChI is InChI=1S/C14H18N2O5/c1-14(2,3)21-13(17)15-11-6-5-10(7-8-16(18)19)12(9-11)20-4/h5-9H,1-4H3,(H,15,17)/b8-7+. The topological polar surface area (TPSA) is 90.7 Å². The average Bonchev–Trinajstić information content (AvgIpc) is 2.34. The molecule has 1 N–H and O–H groups in total. The number of ether oxygens (including phenoxy) is 2. The SMILES string of the molecule is COc1cc(NC(=O)OC(C)(C)C)ccc1/C=C/[N+](=O)[O-]. The minimum Gasteiger partial charge on any atom is -0.496 e.